The molecular formula is C15H26N2. The van der Waals surface area contributed by atoms with Crippen LogP contribution in [0.5, 0.6) is 0 Å². The van der Waals surface area contributed by atoms with Crippen LogP contribution >= 0.6 is 0 Å². The molecule has 96 valence electrons. The summed E-state index contributed by atoms with van der Waals surface area (Å²) in [5.41, 5.74) is 2.86. The Bertz CT molecular complexity index is 320. The van der Waals surface area contributed by atoms with Crippen molar-refractivity contribution in [3.05, 3.63) is 35.4 Å². The van der Waals surface area contributed by atoms with E-state index in [1.54, 1.807) is 0 Å². The molecule has 1 aromatic rings. The second-order valence-electron chi connectivity index (χ2n) is 5.12. The van der Waals surface area contributed by atoms with Gasteiger partial charge in [0.2, 0.25) is 0 Å². The molecule has 0 radical (unpaired) electrons. The Labute approximate surface area is 106 Å². The van der Waals surface area contributed by atoms with Crippen LogP contribution in [0.1, 0.15) is 31.9 Å². The number of rotatable bonds is 7. The molecule has 0 heterocycles. The minimum atomic E-state index is 0.709. The van der Waals surface area contributed by atoms with E-state index in [2.05, 4.69) is 62.3 Å². The highest BCUT2D eigenvalue weighted by Gasteiger charge is 2.04. The van der Waals surface area contributed by atoms with Gasteiger partial charge >= 0.3 is 0 Å². The molecule has 0 saturated carbocycles. The van der Waals surface area contributed by atoms with E-state index in [4.69, 9.17) is 0 Å². The Morgan fingerprint density at radius 3 is 2.41 bits per heavy atom. The summed E-state index contributed by atoms with van der Waals surface area (Å²) in [4.78, 5) is 2.33. The van der Waals surface area contributed by atoms with Crippen LogP contribution in [0.3, 0.4) is 0 Å². The molecule has 0 aliphatic rings. The van der Waals surface area contributed by atoms with Gasteiger partial charge in [0.25, 0.3) is 0 Å². The zero-order chi connectivity index (χ0) is 12.7. The van der Waals surface area contributed by atoms with Crippen molar-refractivity contribution in [2.24, 2.45) is 5.92 Å². The lowest BCUT2D eigenvalue weighted by Crippen LogP contribution is -2.22. The Hall–Kier alpha value is -0.860. The molecule has 0 fully saturated rings. The maximum Gasteiger partial charge on any atom is 0.0233 e. The summed E-state index contributed by atoms with van der Waals surface area (Å²) >= 11 is 0. The summed E-state index contributed by atoms with van der Waals surface area (Å²) in [6.07, 6.45) is 0. The van der Waals surface area contributed by atoms with Gasteiger partial charge in [0.05, 0.1) is 0 Å². The van der Waals surface area contributed by atoms with Crippen LogP contribution in [0.4, 0.5) is 0 Å². The van der Waals surface area contributed by atoms with Gasteiger partial charge in [-0.15, -0.1) is 0 Å². The molecule has 17 heavy (non-hydrogen) atoms. The standard InChI is InChI=1S/C15H26N2/c1-5-17(4)12-15-9-7-6-8-14(15)11-16-10-13(2)3/h6-9,13,16H,5,10-12H2,1-4H3. The molecule has 0 unspecified atom stereocenters. The fraction of sp³-hybridized carbons (Fsp3) is 0.600. The third-order valence-electron chi connectivity index (χ3n) is 2.97. The summed E-state index contributed by atoms with van der Waals surface area (Å²) in [6.45, 7) is 10.9. The van der Waals surface area contributed by atoms with Crippen molar-refractivity contribution in [2.45, 2.75) is 33.9 Å². The van der Waals surface area contributed by atoms with Crippen molar-refractivity contribution in [3.63, 3.8) is 0 Å². The first-order chi connectivity index (χ1) is 8.13. The van der Waals surface area contributed by atoms with E-state index in [0.29, 0.717) is 5.92 Å². The van der Waals surface area contributed by atoms with Crippen LogP contribution in [-0.4, -0.2) is 25.0 Å². The predicted molar refractivity (Wildman–Crippen MR) is 75.0 cm³/mol. The number of benzene rings is 1. The van der Waals surface area contributed by atoms with Crippen LogP contribution < -0.4 is 5.32 Å². The molecular weight excluding hydrogens is 208 g/mol. The molecule has 0 atom stereocenters. The van der Waals surface area contributed by atoms with E-state index in [1.165, 1.54) is 11.1 Å². The molecule has 0 saturated heterocycles. The molecule has 1 N–H and O–H groups in total. The Balaban J connectivity index is 2.57. The van der Waals surface area contributed by atoms with Crippen molar-refractivity contribution in [1.82, 2.24) is 10.2 Å². The van der Waals surface area contributed by atoms with E-state index in [-0.39, 0.29) is 0 Å². The summed E-state index contributed by atoms with van der Waals surface area (Å²) in [5, 5.41) is 3.51. The molecule has 0 amide bonds. The normalized spacial score (nSPS) is 11.4. The van der Waals surface area contributed by atoms with Crippen LogP contribution in [0, 0.1) is 5.92 Å². The van der Waals surface area contributed by atoms with Gasteiger partial charge in [-0.1, -0.05) is 45.0 Å². The van der Waals surface area contributed by atoms with Crippen molar-refractivity contribution in [1.29, 1.82) is 0 Å². The lowest BCUT2D eigenvalue weighted by Gasteiger charge is -2.17. The van der Waals surface area contributed by atoms with Gasteiger partial charge in [-0.2, -0.15) is 0 Å². The zero-order valence-corrected chi connectivity index (χ0v) is 11.7. The molecule has 2 heteroatoms. The average Bonchev–Trinajstić information content (AvgIpc) is 2.30. The van der Waals surface area contributed by atoms with E-state index < -0.39 is 0 Å². The lowest BCUT2D eigenvalue weighted by atomic mass is 10.1. The Kier molecular flexibility index (Phi) is 6.23. The van der Waals surface area contributed by atoms with E-state index in [1.807, 2.05) is 0 Å². The van der Waals surface area contributed by atoms with Crippen LogP contribution in [-0.2, 0) is 13.1 Å². The summed E-state index contributed by atoms with van der Waals surface area (Å²) in [7, 11) is 2.17. The summed E-state index contributed by atoms with van der Waals surface area (Å²) < 4.78 is 0. The van der Waals surface area contributed by atoms with Crippen molar-refractivity contribution in [2.75, 3.05) is 20.1 Å². The lowest BCUT2D eigenvalue weighted by molar-refractivity contribution is 0.344. The first-order valence-corrected chi connectivity index (χ1v) is 6.59. The molecule has 2 nitrogen and oxygen atoms in total. The molecule has 1 aromatic carbocycles. The van der Waals surface area contributed by atoms with Gasteiger partial charge in [-0.05, 0) is 37.2 Å². The average molecular weight is 234 g/mol. The first-order valence-electron chi connectivity index (χ1n) is 6.59. The quantitative estimate of drug-likeness (QED) is 0.780. The second kappa shape index (κ2) is 7.46. The largest absolute Gasteiger partial charge is 0.312 e. The van der Waals surface area contributed by atoms with E-state index >= 15 is 0 Å². The fourth-order valence-corrected chi connectivity index (χ4v) is 1.78. The Morgan fingerprint density at radius 1 is 1.18 bits per heavy atom. The third-order valence-corrected chi connectivity index (χ3v) is 2.97. The predicted octanol–water partition coefficient (Wildman–Crippen LogP) is 2.88. The topological polar surface area (TPSA) is 15.3 Å². The van der Waals surface area contributed by atoms with E-state index in [0.717, 1.165) is 26.2 Å². The molecule has 1 rings (SSSR count). The number of hydrogen-bond donors (Lipinski definition) is 1. The highest BCUT2D eigenvalue weighted by atomic mass is 15.1. The SMILES string of the molecule is CCN(C)Cc1ccccc1CNCC(C)C. The van der Waals surface area contributed by atoms with Crippen molar-refractivity contribution in [3.8, 4) is 0 Å². The highest BCUT2D eigenvalue weighted by Crippen LogP contribution is 2.11. The third kappa shape index (κ3) is 5.33. The second-order valence-corrected chi connectivity index (χ2v) is 5.12. The molecule has 0 bridgehead atoms. The Morgan fingerprint density at radius 2 is 1.82 bits per heavy atom. The van der Waals surface area contributed by atoms with Gasteiger partial charge in [0.1, 0.15) is 0 Å². The van der Waals surface area contributed by atoms with Crippen molar-refractivity contribution < 1.29 is 0 Å². The van der Waals surface area contributed by atoms with Crippen LogP contribution in [0.15, 0.2) is 24.3 Å². The highest BCUT2D eigenvalue weighted by molar-refractivity contribution is 5.26. The first kappa shape index (κ1) is 14.2. The molecule has 0 aliphatic carbocycles. The summed E-state index contributed by atoms with van der Waals surface area (Å²) in [5.74, 6) is 0.709. The number of nitrogens with zero attached hydrogens (tertiary/aromatic N) is 1. The smallest absolute Gasteiger partial charge is 0.0233 e. The fourth-order valence-electron chi connectivity index (χ4n) is 1.78. The van der Waals surface area contributed by atoms with E-state index in [9.17, 15) is 0 Å². The van der Waals surface area contributed by atoms with Crippen LogP contribution in [0.25, 0.3) is 0 Å². The maximum absolute atomic E-state index is 3.51. The minimum absolute atomic E-state index is 0.709. The van der Waals surface area contributed by atoms with Crippen molar-refractivity contribution >= 4 is 0 Å². The van der Waals surface area contributed by atoms with Gasteiger partial charge < -0.3 is 10.2 Å². The summed E-state index contributed by atoms with van der Waals surface area (Å²) in [6, 6.07) is 8.72. The molecule has 0 spiro atoms. The molecule has 0 aliphatic heterocycles. The zero-order valence-electron chi connectivity index (χ0n) is 11.7. The van der Waals surface area contributed by atoms with Gasteiger partial charge in [0.15, 0.2) is 0 Å². The number of hydrogen-bond acceptors (Lipinski definition) is 2. The van der Waals surface area contributed by atoms with Gasteiger partial charge in [-0.3, -0.25) is 0 Å². The maximum atomic E-state index is 3.51. The number of nitrogens with one attached hydrogen (secondary N) is 1. The van der Waals surface area contributed by atoms with Gasteiger partial charge in [0, 0.05) is 13.1 Å². The van der Waals surface area contributed by atoms with Crippen LogP contribution in [0.2, 0.25) is 0 Å². The monoisotopic (exact) mass is 234 g/mol. The molecule has 0 aromatic heterocycles. The van der Waals surface area contributed by atoms with Gasteiger partial charge in [-0.25, -0.2) is 0 Å². The minimum Gasteiger partial charge on any atom is -0.312 e.